The minimum Gasteiger partial charge on any atom is -0.480 e. The zero-order chi connectivity index (χ0) is 19.8. The van der Waals surface area contributed by atoms with Crippen LogP contribution in [0.1, 0.15) is 32.8 Å². The van der Waals surface area contributed by atoms with Gasteiger partial charge in [-0.2, -0.15) is 0 Å². The smallest absolute Gasteiger partial charge is 0.410 e. The van der Waals surface area contributed by atoms with E-state index in [1.807, 2.05) is 37.3 Å². The van der Waals surface area contributed by atoms with E-state index in [9.17, 15) is 19.5 Å². The Labute approximate surface area is 158 Å². The lowest BCUT2D eigenvalue weighted by atomic mass is 9.99. The quantitative estimate of drug-likeness (QED) is 0.607. The lowest BCUT2D eigenvalue weighted by molar-refractivity contribution is -0.173. The highest BCUT2D eigenvalue weighted by Gasteiger charge is 2.79. The lowest BCUT2D eigenvalue weighted by Gasteiger charge is -2.28. The molecule has 3 rings (SSSR count). The Bertz CT molecular complexity index is 732. The monoisotopic (exact) mass is 375 g/mol. The molecule has 1 aromatic carbocycles. The van der Waals surface area contributed by atoms with Gasteiger partial charge in [0, 0.05) is 24.9 Å². The highest BCUT2D eigenvalue weighted by molar-refractivity contribution is 6.04. The maximum absolute atomic E-state index is 12.6. The molecule has 7 nitrogen and oxygen atoms in total. The molecular formula is C20H25NO6. The second-order valence-corrected chi connectivity index (χ2v) is 7.84. The Morgan fingerprint density at radius 3 is 2.30 bits per heavy atom. The van der Waals surface area contributed by atoms with Crippen molar-refractivity contribution in [3.63, 3.8) is 0 Å². The molecule has 0 spiro atoms. The summed E-state index contributed by atoms with van der Waals surface area (Å²) in [5.74, 6) is -2.74. The second kappa shape index (κ2) is 6.87. The van der Waals surface area contributed by atoms with E-state index in [4.69, 9.17) is 9.47 Å². The molecule has 1 heterocycles. The SMILES string of the molecule is CCC(C)(C)OC(=O)C1(C(=O)O)C2CN(C(=O)OCc3ccccc3)CC21. The minimum absolute atomic E-state index is 0.155. The van der Waals surface area contributed by atoms with Gasteiger partial charge in [0.2, 0.25) is 0 Å². The number of piperidine rings is 1. The Morgan fingerprint density at radius 2 is 1.78 bits per heavy atom. The van der Waals surface area contributed by atoms with Crippen molar-refractivity contribution >= 4 is 18.0 Å². The van der Waals surface area contributed by atoms with Gasteiger partial charge in [-0.3, -0.25) is 9.59 Å². The lowest BCUT2D eigenvalue weighted by Crippen LogP contribution is -2.43. The standard InChI is InChI=1S/C20H25NO6/c1-4-19(2,3)27-17(24)20(16(22)23)14-10-21(11-15(14)20)18(25)26-12-13-8-6-5-7-9-13/h5-9,14-15H,4,10-12H2,1-3H3,(H,22,23). The predicted octanol–water partition coefficient (Wildman–Crippen LogP) is 2.69. The van der Waals surface area contributed by atoms with Crippen LogP contribution in [0.3, 0.4) is 0 Å². The van der Waals surface area contributed by atoms with Crippen LogP contribution in [-0.4, -0.2) is 46.7 Å². The average molecular weight is 375 g/mol. The van der Waals surface area contributed by atoms with Crippen molar-refractivity contribution in [3.05, 3.63) is 35.9 Å². The van der Waals surface area contributed by atoms with E-state index in [1.54, 1.807) is 13.8 Å². The molecule has 27 heavy (non-hydrogen) atoms. The van der Waals surface area contributed by atoms with Crippen LogP contribution in [0, 0.1) is 17.3 Å². The molecule has 2 aliphatic rings. The Morgan fingerprint density at radius 1 is 1.19 bits per heavy atom. The summed E-state index contributed by atoms with van der Waals surface area (Å²) in [7, 11) is 0. The van der Waals surface area contributed by atoms with Gasteiger partial charge in [-0.25, -0.2) is 4.79 Å². The second-order valence-electron chi connectivity index (χ2n) is 7.84. The molecule has 2 atom stereocenters. The van der Waals surface area contributed by atoms with Crippen molar-refractivity contribution in [2.24, 2.45) is 17.3 Å². The number of esters is 1. The van der Waals surface area contributed by atoms with Crippen molar-refractivity contribution in [1.29, 1.82) is 0 Å². The van der Waals surface area contributed by atoms with Gasteiger partial charge in [-0.15, -0.1) is 0 Å². The first kappa shape index (κ1) is 19.2. The summed E-state index contributed by atoms with van der Waals surface area (Å²) >= 11 is 0. The molecule has 1 N–H and O–H groups in total. The maximum atomic E-state index is 12.6. The van der Waals surface area contributed by atoms with Gasteiger partial charge >= 0.3 is 18.0 Å². The number of carboxylic acid groups (broad SMARTS) is 1. The minimum atomic E-state index is -1.54. The molecule has 2 unspecified atom stereocenters. The largest absolute Gasteiger partial charge is 0.480 e. The molecule has 1 aliphatic carbocycles. The van der Waals surface area contributed by atoms with E-state index in [0.717, 1.165) is 5.56 Å². The van der Waals surface area contributed by atoms with Gasteiger partial charge in [0.05, 0.1) is 0 Å². The summed E-state index contributed by atoms with van der Waals surface area (Å²) in [6.07, 6.45) is 0.0921. The number of hydrogen-bond acceptors (Lipinski definition) is 5. The fraction of sp³-hybridized carbons (Fsp3) is 0.550. The summed E-state index contributed by atoms with van der Waals surface area (Å²) in [4.78, 5) is 38.2. The molecule has 1 aromatic rings. The first-order valence-corrected chi connectivity index (χ1v) is 9.15. The van der Waals surface area contributed by atoms with Crippen LogP contribution in [0.4, 0.5) is 4.79 Å². The first-order chi connectivity index (χ1) is 12.7. The van der Waals surface area contributed by atoms with E-state index >= 15 is 0 Å². The van der Waals surface area contributed by atoms with Crippen LogP contribution < -0.4 is 0 Å². The molecule has 2 fully saturated rings. The number of likely N-dealkylation sites (tertiary alicyclic amines) is 1. The normalized spacial score (nSPS) is 26.3. The van der Waals surface area contributed by atoms with E-state index in [-0.39, 0.29) is 19.7 Å². The number of rotatable bonds is 6. The summed E-state index contributed by atoms with van der Waals surface area (Å²) in [5.41, 5.74) is -1.38. The van der Waals surface area contributed by atoms with E-state index < -0.39 is 40.9 Å². The zero-order valence-electron chi connectivity index (χ0n) is 15.8. The summed E-state index contributed by atoms with van der Waals surface area (Å²) in [5, 5.41) is 9.69. The van der Waals surface area contributed by atoms with Gasteiger partial charge in [-0.1, -0.05) is 37.3 Å². The maximum Gasteiger partial charge on any atom is 0.410 e. The number of carbonyl (C=O) groups is 3. The Kier molecular flexibility index (Phi) is 4.88. The van der Waals surface area contributed by atoms with Crippen LogP contribution in [0.25, 0.3) is 0 Å². The number of aliphatic carboxylic acids is 1. The van der Waals surface area contributed by atoms with Gasteiger partial charge < -0.3 is 19.5 Å². The van der Waals surface area contributed by atoms with Crippen LogP contribution in [0.5, 0.6) is 0 Å². The predicted molar refractivity (Wildman–Crippen MR) is 95.7 cm³/mol. The molecule has 7 heteroatoms. The zero-order valence-corrected chi connectivity index (χ0v) is 15.8. The number of benzene rings is 1. The molecule has 146 valence electrons. The number of amides is 1. The summed E-state index contributed by atoms with van der Waals surface area (Å²) in [6, 6.07) is 9.31. The molecule has 1 saturated heterocycles. The third kappa shape index (κ3) is 3.38. The van der Waals surface area contributed by atoms with Gasteiger partial charge in [0.25, 0.3) is 0 Å². The fourth-order valence-corrected chi connectivity index (χ4v) is 3.70. The number of carbonyl (C=O) groups excluding carboxylic acids is 2. The number of ether oxygens (including phenoxy) is 2. The van der Waals surface area contributed by atoms with Crippen molar-refractivity contribution in [2.75, 3.05) is 13.1 Å². The van der Waals surface area contributed by atoms with Gasteiger partial charge in [0.15, 0.2) is 5.41 Å². The molecule has 0 aromatic heterocycles. The molecule has 1 aliphatic heterocycles. The highest BCUT2D eigenvalue weighted by atomic mass is 16.6. The van der Waals surface area contributed by atoms with Crippen LogP contribution in [0.15, 0.2) is 30.3 Å². The average Bonchev–Trinajstić information content (AvgIpc) is 3.05. The van der Waals surface area contributed by atoms with Crippen molar-refractivity contribution in [3.8, 4) is 0 Å². The number of carboxylic acids is 1. The van der Waals surface area contributed by atoms with Gasteiger partial charge in [0.1, 0.15) is 12.2 Å². The third-order valence-corrected chi connectivity index (χ3v) is 5.76. The highest BCUT2D eigenvalue weighted by Crippen LogP contribution is 2.63. The number of fused-ring (bicyclic) bond motifs is 1. The van der Waals surface area contributed by atoms with Crippen LogP contribution >= 0.6 is 0 Å². The van der Waals surface area contributed by atoms with Crippen molar-refractivity contribution in [2.45, 2.75) is 39.4 Å². The van der Waals surface area contributed by atoms with Crippen LogP contribution in [0.2, 0.25) is 0 Å². The fourth-order valence-electron chi connectivity index (χ4n) is 3.70. The summed E-state index contributed by atoms with van der Waals surface area (Å²) in [6.45, 7) is 5.91. The van der Waals surface area contributed by atoms with Crippen molar-refractivity contribution in [1.82, 2.24) is 4.90 Å². The molecule has 0 bridgehead atoms. The Hall–Kier alpha value is -2.57. The van der Waals surface area contributed by atoms with Crippen molar-refractivity contribution < 1.29 is 29.0 Å². The van der Waals surface area contributed by atoms with E-state index in [1.165, 1.54) is 4.90 Å². The first-order valence-electron chi connectivity index (χ1n) is 9.15. The van der Waals surface area contributed by atoms with E-state index in [2.05, 4.69) is 0 Å². The molecule has 0 radical (unpaired) electrons. The summed E-state index contributed by atoms with van der Waals surface area (Å²) < 4.78 is 10.7. The molecular weight excluding hydrogens is 350 g/mol. The molecule has 1 saturated carbocycles. The topological polar surface area (TPSA) is 93.1 Å². The van der Waals surface area contributed by atoms with Crippen LogP contribution in [-0.2, 0) is 25.7 Å². The number of nitrogens with zero attached hydrogens (tertiary/aromatic N) is 1. The molecule has 1 amide bonds. The number of hydrogen-bond donors (Lipinski definition) is 1. The third-order valence-electron chi connectivity index (χ3n) is 5.76. The Balaban J connectivity index is 1.60. The van der Waals surface area contributed by atoms with Gasteiger partial charge in [-0.05, 0) is 25.8 Å². The van der Waals surface area contributed by atoms with E-state index in [0.29, 0.717) is 6.42 Å².